The zero-order valence-electron chi connectivity index (χ0n) is 39.0. The van der Waals surface area contributed by atoms with Crippen molar-refractivity contribution in [3.05, 3.63) is 265 Å². The molecule has 3 aliphatic rings. The molecule has 0 atom stereocenters. The quantitative estimate of drug-likeness (QED) is 0.170. The Hall–Kier alpha value is -9.44. The standard InChI is InChI=1S/C64H40N6O2S/c71-73(72)56-37-18-13-31-49(56)64(50-32-14-19-38-57(50)73)48-30-12-10-28-46(48)58-47(29-20-33-51(58)64)62-65-61(41-21-4-1-5-22-41)66-63(67-62)70-52-34-15-11-27-44(52)45-39-40-55-60(59(45)70)69(43-25-8-3-9-26-43)54-36-17-16-35-53(54)68(55)42-23-6-2-7-24-42/h1-40H. The minimum Gasteiger partial charge on any atom is -0.306 e. The van der Waals surface area contributed by atoms with E-state index < -0.39 is 15.3 Å². The van der Waals surface area contributed by atoms with Crippen molar-refractivity contribution in [2.45, 2.75) is 15.2 Å². The van der Waals surface area contributed by atoms with Crippen molar-refractivity contribution in [3.8, 4) is 39.9 Å². The van der Waals surface area contributed by atoms with Gasteiger partial charge in [-0.05, 0) is 100 Å². The van der Waals surface area contributed by atoms with Gasteiger partial charge in [-0.1, -0.05) is 176 Å². The molecule has 0 saturated heterocycles. The molecule has 344 valence electrons. The van der Waals surface area contributed by atoms with Crippen LogP contribution in [-0.2, 0) is 15.3 Å². The number of rotatable bonds is 5. The fourth-order valence-electron chi connectivity index (χ4n) is 12.1. The first-order valence-electron chi connectivity index (χ1n) is 24.4. The van der Waals surface area contributed by atoms with Gasteiger partial charge in [0.05, 0.1) is 49.0 Å². The van der Waals surface area contributed by atoms with Gasteiger partial charge in [-0.3, -0.25) is 4.57 Å². The molecular formula is C64H40N6O2S. The van der Waals surface area contributed by atoms with Crippen LogP contribution in [0.3, 0.4) is 0 Å². The summed E-state index contributed by atoms with van der Waals surface area (Å²) in [6.45, 7) is 0. The molecule has 0 bridgehead atoms. The van der Waals surface area contributed by atoms with Crippen LogP contribution >= 0.6 is 0 Å². The number of para-hydroxylation sites is 5. The lowest BCUT2D eigenvalue weighted by atomic mass is 9.67. The van der Waals surface area contributed by atoms with E-state index in [4.69, 9.17) is 15.0 Å². The topological polar surface area (TPSA) is 84.2 Å². The Labute approximate surface area is 421 Å². The van der Waals surface area contributed by atoms with Gasteiger partial charge < -0.3 is 9.80 Å². The van der Waals surface area contributed by atoms with Crippen LogP contribution in [0.15, 0.2) is 252 Å². The van der Waals surface area contributed by atoms with E-state index in [1.54, 1.807) is 12.1 Å². The molecule has 10 aromatic carbocycles. The van der Waals surface area contributed by atoms with Crippen LogP contribution in [0.2, 0.25) is 0 Å². The van der Waals surface area contributed by atoms with Crippen molar-refractivity contribution in [3.63, 3.8) is 0 Å². The summed E-state index contributed by atoms with van der Waals surface area (Å²) in [6.07, 6.45) is 0. The molecule has 0 amide bonds. The van der Waals surface area contributed by atoms with Gasteiger partial charge in [-0.25, -0.2) is 13.4 Å². The second-order valence-corrected chi connectivity index (χ2v) is 20.6. The van der Waals surface area contributed by atoms with E-state index in [9.17, 15) is 8.42 Å². The Kier molecular flexibility index (Phi) is 8.80. The van der Waals surface area contributed by atoms with Crippen molar-refractivity contribution in [2.24, 2.45) is 0 Å². The number of hydrogen-bond donors (Lipinski definition) is 0. The predicted octanol–water partition coefficient (Wildman–Crippen LogP) is 15.1. The highest BCUT2D eigenvalue weighted by Gasteiger charge is 2.54. The lowest BCUT2D eigenvalue weighted by molar-refractivity contribution is 0.580. The minimum absolute atomic E-state index is 0.309. The Balaban J connectivity index is 1.06. The van der Waals surface area contributed by atoms with Crippen molar-refractivity contribution >= 4 is 65.8 Å². The molecule has 0 fully saturated rings. The molecule has 0 saturated carbocycles. The summed E-state index contributed by atoms with van der Waals surface area (Å²) in [5.41, 5.74) is 14.1. The molecule has 12 aromatic rings. The summed E-state index contributed by atoms with van der Waals surface area (Å²) in [7, 11) is -3.84. The van der Waals surface area contributed by atoms with E-state index >= 15 is 0 Å². The molecule has 8 nitrogen and oxygen atoms in total. The maximum absolute atomic E-state index is 14.6. The Morgan fingerprint density at radius 2 is 0.918 bits per heavy atom. The maximum atomic E-state index is 14.6. The van der Waals surface area contributed by atoms with E-state index in [2.05, 4.69) is 172 Å². The zero-order chi connectivity index (χ0) is 48.4. The Morgan fingerprint density at radius 1 is 0.384 bits per heavy atom. The number of hydrogen-bond acceptors (Lipinski definition) is 7. The molecule has 1 spiro atoms. The van der Waals surface area contributed by atoms with Crippen molar-refractivity contribution in [1.82, 2.24) is 19.5 Å². The fraction of sp³-hybridized carbons (Fsp3) is 0.0156. The second kappa shape index (κ2) is 15.5. The zero-order valence-corrected chi connectivity index (χ0v) is 39.8. The highest BCUT2D eigenvalue weighted by atomic mass is 32.2. The monoisotopic (exact) mass is 956 g/mol. The number of aromatic nitrogens is 4. The molecule has 15 rings (SSSR count). The van der Waals surface area contributed by atoms with Crippen LogP contribution in [0, 0.1) is 0 Å². The summed E-state index contributed by atoms with van der Waals surface area (Å²) in [4.78, 5) is 21.9. The fourth-order valence-corrected chi connectivity index (χ4v) is 13.9. The van der Waals surface area contributed by atoms with Gasteiger partial charge >= 0.3 is 0 Å². The summed E-state index contributed by atoms with van der Waals surface area (Å²) in [6, 6.07) is 82.5. The van der Waals surface area contributed by atoms with E-state index in [0.29, 0.717) is 27.4 Å². The highest BCUT2D eigenvalue weighted by Crippen LogP contribution is 2.63. The molecule has 2 aromatic heterocycles. The van der Waals surface area contributed by atoms with Gasteiger partial charge in [0.25, 0.3) is 0 Å². The van der Waals surface area contributed by atoms with Crippen LogP contribution in [0.1, 0.15) is 22.3 Å². The van der Waals surface area contributed by atoms with Crippen LogP contribution in [0.5, 0.6) is 0 Å². The first-order chi connectivity index (χ1) is 36.0. The third-order valence-electron chi connectivity index (χ3n) is 15.0. The predicted molar refractivity (Wildman–Crippen MR) is 291 cm³/mol. The second-order valence-electron chi connectivity index (χ2n) is 18.7. The number of benzene rings is 10. The third-order valence-corrected chi connectivity index (χ3v) is 16.8. The van der Waals surface area contributed by atoms with Crippen LogP contribution in [0.25, 0.3) is 61.7 Å². The van der Waals surface area contributed by atoms with E-state index in [-0.39, 0.29) is 0 Å². The van der Waals surface area contributed by atoms with Crippen LogP contribution < -0.4 is 9.80 Å². The van der Waals surface area contributed by atoms with Gasteiger partial charge in [0, 0.05) is 33.3 Å². The summed E-state index contributed by atoms with van der Waals surface area (Å²) >= 11 is 0. The smallest absolute Gasteiger partial charge is 0.238 e. The molecule has 4 heterocycles. The van der Waals surface area contributed by atoms with Crippen molar-refractivity contribution < 1.29 is 8.42 Å². The SMILES string of the molecule is O=S1(=O)c2ccccc2C2(c3ccccc3-c3c(-c4nc(-c5ccccc5)nc(-n5c6ccccc6c6ccc7c(c65)N(c5ccccc5)c5ccccc5N7c5ccccc5)n4)cccc32)c2ccccc21. The van der Waals surface area contributed by atoms with Crippen molar-refractivity contribution in [2.75, 3.05) is 9.80 Å². The van der Waals surface area contributed by atoms with Gasteiger partial charge in [0.15, 0.2) is 11.6 Å². The molecule has 73 heavy (non-hydrogen) atoms. The highest BCUT2D eigenvalue weighted by molar-refractivity contribution is 7.91. The Morgan fingerprint density at radius 3 is 1.63 bits per heavy atom. The summed E-state index contributed by atoms with van der Waals surface area (Å²) in [5.74, 6) is 1.47. The molecular weight excluding hydrogens is 917 g/mol. The summed E-state index contributed by atoms with van der Waals surface area (Å²) in [5, 5.41) is 2.11. The molecule has 1 aliphatic carbocycles. The number of sulfone groups is 1. The first kappa shape index (κ1) is 41.4. The van der Waals surface area contributed by atoms with Gasteiger partial charge in [-0.15, -0.1) is 0 Å². The number of nitrogens with zero attached hydrogens (tertiary/aromatic N) is 6. The average molecular weight is 957 g/mol. The minimum atomic E-state index is -3.84. The first-order valence-corrected chi connectivity index (χ1v) is 25.9. The molecule has 0 unspecified atom stereocenters. The number of anilines is 6. The van der Waals surface area contributed by atoms with Gasteiger partial charge in [0.1, 0.15) is 0 Å². The maximum Gasteiger partial charge on any atom is 0.238 e. The van der Waals surface area contributed by atoms with E-state index in [1.165, 1.54) is 0 Å². The lowest BCUT2D eigenvalue weighted by Crippen LogP contribution is -2.35. The third kappa shape index (κ3) is 5.70. The van der Waals surface area contributed by atoms with Crippen LogP contribution in [0.4, 0.5) is 34.1 Å². The molecule has 0 radical (unpaired) electrons. The largest absolute Gasteiger partial charge is 0.306 e. The van der Waals surface area contributed by atoms with Crippen LogP contribution in [-0.4, -0.2) is 27.9 Å². The van der Waals surface area contributed by atoms with E-state index in [0.717, 1.165) is 100 Å². The van der Waals surface area contributed by atoms with Gasteiger partial charge in [0.2, 0.25) is 15.8 Å². The molecule has 2 aliphatic heterocycles. The average Bonchev–Trinajstić information content (AvgIpc) is 3.96. The molecule has 0 N–H and O–H groups in total. The van der Waals surface area contributed by atoms with Gasteiger partial charge in [-0.2, -0.15) is 9.97 Å². The Bertz CT molecular complexity index is 4310. The van der Waals surface area contributed by atoms with Crippen molar-refractivity contribution in [1.29, 1.82) is 0 Å². The molecule has 9 heteroatoms. The number of fused-ring (bicyclic) bond motifs is 15. The van der Waals surface area contributed by atoms with E-state index in [1.807, 2.05) is 72.8 Å². The summed E-state index contributed by atoms with van der Waals surface area (Å²) < 4.78 is 31.4. The normalized spacial score (nSPS) is 14.3. The lowest BCUT2D eigenvalue weighted by Gasteiger charge is -2.40.